The molecule has 2 atom stereocenters. The van der Waals surface area contributed by atoms with Gasteiger partial charge in [-0.05, 0) is 6.42 Å². The van der Waals surface area contributed by atoms with Crippen LogP contribution in [0, 0.1) is 0 Å². The van der Waals surface area contributed by atoms with Crippen molar-refractivity contribution < 1.29 is 14.3 Å². The third kappa shape index (κ3) is 6.03. The van der Waals surface area contributed by atoms with Crippen LogP contribution in [0.4, 0.5) is 0 Å². The maximum atomic E-state index is 10.0. The van der Waals surface area contributed by atoms with Crippen molar-refractivity contribution in [1.29, 1.82) is 0 Å². The van der Waals surface area contributed by atoms with E-state index in [1.807, 2.05) is 0 Å². The molecule has 54 valence electrons. The summed E-state index contributed by atoms with van der Waals surface area (Å²) >= 11 is 5.31. The number of rotatable bonds is 4. The van der Waals surface area contributed by atoms with E-state index in [1.54, 1.807) is 0 Å². The SMILES string of the molecule is O=CC(Cl)CC[PH](=O)O. The normalized spacial score (nSPS) is 16.7. The number of carbonyl (C=O) groups excluding carboxylic acids is 1. The Morgan fingerprint density at radius 2 is 2.33 bits per heavy atom. The van der Waals surface area contributed by atoms with E-state index in [-0.39, 0.29) is 6.16 Å². The summed E-state index contributed by atoms with van der Waals surface area (Å²) in [5.41, 5.74) is 0. The summed E-state index contributed by atoms with van der Waals surface area (Å²) in [6, 6.07) is 0. The van der Waals surface area contributed by atoms with Gasteiger partial charge in [0, 0.05) is 6.16 Å². The van der Waals surface area contributed by atoms with Gasteiger partial charge in [0.25, 0.3) is 0 Å². The first-order chi connectivity index (χ1) is 4.16. The fourth-order valence-corrected chi connectivity index (χ4v) is 1.18. The summed E-state index contributed by atoms with van der Waals surface area (Å²) in [7, 11) is -2.43. The van der Waals surface area contributed by atoms with E-state index in [2.05, 4.69) is 0 Å². The zero-order valence-corrected chi connectivity index (χ0v) is 6.47. The van der Waals surface area contributed by atoms with E-state index < -0.39 is 13.4 Å². The lowest BCUT2D eigenvalue weighted by Crippen LogP contribution is -2.00. The number of halogens is 1. The Morgan fingerprint density at radius 3 is 2.67 bits per heavy atom. The van der Waals surface area contributed by atoms with Crippen LogP contribution in [0.1, 0.15) is 6.42 Å². The molecule has 3 nitrogen and oxygen atoms in total. The van der Waals surface area contributed by atoms with Crippen LogP contribution < -0.4 is 0 Å². The van der Waals surface area contributed by atoms with Gasteiger partial charge in [-0.15, -0.1) is 11.6 Å². The fourth-order valence-electron chi connectivity index (χ4n) is 0.329. The van der Waals surface area contributed by atoms with Crippen molar-refractivity contribution in [3.63, 3.8) is 0 Å². The van der Waals surface area contributed by atoms with E-state index >= 15 is 0 Å². The summed E-state index contributed by atoms with van der Waals surface area (Å²) in [5.74, 6) is 0. The molecule has 0 bridgehead atoms. The van der Waals surface area contributed by atoms with Gasteiger partial charge in [0.1, 0.15) is 6.29 Å². The van der Waals surface area contributed by atoms with E-state index in [0.29, 0.717) is 12.7 Å². The monoisotopic (exact) mass is 170 g/mol. The smallest absolute Gasteiger partial charge is 0.189 e. The molecule has 0 saturated heterocycles. The molecule has 0 rings (SSSR count). The lowest BCUT2D eigenvalue weighted by atomic mass is 10.4. The highest BCUT2D eigenvalue weighted by Gasteiger charge is 2.02. The van der Waals surface area contributed by atoms with Gasteiger partial charge in [-0.3, -0.25) is 4.57 Å². The first-order valence-corrected chi connectivity index (χ1v) is 4.48. The third-order valence-corrected chi connectivity index (χ3v) is 1.82. The van der Waals surface area contributed by atoms with Crippen LogP contribution in [0.15, 0.2) is 0 Å². The minimum Gasteiger partial charge on any atom is -0.346 e. The summed E-state index contributed by atoms with van der Waals surface area (Å²) in [6.45, 7) is 0. The minimum absolute atomic E-state index is 0.136. The van der Waals surface area contributed by atoms with Crippen molar-refractivity contribution >= 4 is 25.9 Å². The predicted molar refractivity (Wildman–Crippen MR) is 36.4 cm³/mol. The van der Waals surface area contributed by atoms with Gasteiger partial charge in [-0.2, -0.15) is 0 Å². The summed E-state index contributed by atoms with van der Waals surface area (Å²) < 4.78 is 10.0. The molecule has 0 aliphatic carbocycles. The Balaban J connectivity index is 3.26. The van der Waals surface area contributed by atoms with Crippen molar-refractivity contribution in [3.05, 3.63) is 0 Å². The Hall–Kier alpha value is 0.150. The topological polar surface area (TPSA) is 54.4 Å². The molecular weight excluding hydrogens is 162 g/mol. The average molecular weight is 171 g/mol. The van der Waals surface area contributed by atoms with Gasteiger partial charge in [-0.25, -0.2) is 0 Å². The largest absolute Gasteiger partial charge is 0.346 e. The molecule has 0 heterocycles. The molecule has 0 spiro atoms. The van der Waals surface area contributed by atoms with Crippen LogP contribution in [0.2, 0.25) is 0 Å². The number of carbonyl (C=O) groups is 1. The molecular formula is C4H8ClO3P. The number of alkyl halides is 1. The average Bonchev–Trinajstić information content (AvgIpc) is 1.83. The molecule has 0 radical (unpaired) electrons. The molecule has 0 aromatic rings. The van der Waals surface area contributed by atoms with Crippen LogP contribution in [0.5, 0.6) is 0 Å². The Kier molecular flexibility index (Phi) is 5.06. The van der Waals surface area contributed by atoms with Crippen LogP contribution >= 0.6 is 19.6 Å². The zero-order valence-electron chi connectivity index (χ0n) is 4.71. The lowest BCUT2D eigenvalue weighted by molar-refractivity contribution is -0.107. The van der Waals surface area contributed by atoms with Crippen LogP contribution in [0.3, 0.4) is 0 Å². The molecule has 0 fully saturated rings. The highest BCUT2D eigenvalue weighted by atomic mass is 35.5. The van der Waals surface area contributed by atoms with Crippen LogP contribution in [-0.2, 0) is 9.36 Å². The zero-order chi connectivity index (χ0) is 7.28. The molecule has 2 unspecified atom stereocenters. The molecule has 0 aliphatic heterocycles. The predicted octanol–water partition coefficient (Wildman–Crippen LogP) is 0.650. The molecule has 0 amide bonds. The van der Waals surface area contributed by atoms with Crippen molar-refractivity contribution in [2.24, 2.45) is 0 Å². The van der Waals surface area contributed by atoms with Gasteiger partial charge in [0.15, 0.2) is 8.03 Å². The first kappa shape index (κ1) is 9.15. The highest BCUT2D eigenvalue weighted by Crippen LogP contribution is 2.16. The van der Waals surface area contributed by atoms with E-state index in [9.17, 15) is 9.36 Å². The molecule has 9 heavy (non-hydrogen) atoms. The van der Waals surface area contributed by atoms with Gasteiger partial charge in [0.05, 0.1) is 5.38 Å². The Labute approximate surface area is 58.9 Å². The summed E-state index contributed by atoms with van der Waals surface area (Å²) in [5, 5.41) is -0.605. The number of hydrogen-bond donors (Lipinski definition) is 1. The quantitative estimate of drug-likeness (QED) is 0.383. The van der Waals surface area contributed by atoms with Crippen molar-refractivity contribution in [2.75, 3.05) is 6.16 Å². The maximum Gasteiger partial charge on any atom is 0.189 e. The van der Waals surface area contributed by atoms with Gasteiger partial charge in [-0.1, -0.05) is 0 Å². The standard InChI is InChI=1S/C4H8ClO3P/c5-4(3-6)1-2-9(7)8/h3-4,9H,1-2H2,(H,7,8). The minimum atomic E-state index is -2.43. The first-order valence-electron chi connectivity index (χ1n) is 2.48. The summed E-state index contributed by atoms with van der Waals surface area (Å²) in [6.07, 6.45) is 0.989. The lowest BCUT2D eigenvalue weighted by Gasteiger charge is -1.95. The van der Waals surface area contributed by atoms with E-state index in [1.165, 1.54) is 0 Å². The second-order valence-electron chi connectivity index (χ2n) is 1.58. The molecule has 1 N–H and O–H groups in total. The molecule has 0 aliphatic rings. The maximum absolute atomic E-state index is 10.0. The van der Waals surface area contributed by atoms with Crippen molar-refractivity contribution in [3.8, 4) is 0 Å². The second kappa shape index (κ2) is 4.98. The molecule has 0 saturated carbocycles. The van der Waals surface area contributed by atoms with Crippen LogP contribution in [0.25, 0.3) is 0 Å². The number of hydrogen-bond acceptors (Lipinski definition) is 2. The van der Waals surface area contributed by atoms with Gasteiger partial charge >= 0.3 is 0 Å². The second-order valence-corrected chi connectivity index (χ2v) is 3.43. The Morgan fingerprint density at radius 1 is 1.78 bits per heavy atom. The summed E-state index contributed by atoms with van der Waals surface area (Å²) in [4.78, 5) is 18.1. The van der Waals surface area contributed by atoms with E-state index in [4.69, 9.17) is 16.5 Å². The third-order valence-electron chi connectivity index (χ3n) is 0.782. The van der Waals surface area contributed by atoms with Crippen molar-refractivity contribution in [1.82, 2.24) is 0 Å². The number of aldehydes is 1. The molecule has 0 aromatic heterocycles. The van der Waals surface area contributed by atoms with Crippen LogP contribution in [-0.4, -0.2) is 22.7 Å². The van der Waals surface area contributed by atoms with E-state index in [0.717, 1.165) is 0 Å². The fraction of sp³-hybridized carbons (Fsp3) is 0.750. The van der Waals surface area contributed by atoms with Gasteiger partial charge in [0.2, 0.25) is 0 Å². The molecule has 0 aromatic carbocycles. The van der Waals surface area contributed by atoms with Crippen molar-refractivity contribution in [2.45, 2.75) is 11.8 Å². The Bertz CT molecular complexity index is 116. The van der Waals surface area contributed by atoms with Gasteiger partial charge < -0.3 is 9.69 Å². The molecule has 5 heteroatoms. The highest BCUT2D eigenvalue weighted by molar-refractivity contribution is 7.37.